The normalized spacial score (nSPS) is 22.0. The van der Waals surface area contributed by atoms with E-state index in [0.29, 0.717) is 29.6 Å². The number of amides is 1. The Morgan fingerprint density at radius 1 is 0.971 bits per heavy atom. The molecule has 0 atom stereocenters. The second-order valence-corrected chi connectivity index (χ2v) is 12.0. The molecule has 0 saturated heterocycles. The van der Waals surface area contributed by atoms with Crippen LogP contribution in [0.1, 0.15) is 64.9 Å². The quantitative estimate of drug-likeness (QED) is 0.610. The Labute approximate surface area is 210 Å². The first-order chi connectivity index (χ1) is 15.7. The fourth-order valence-corrected chi connectivity index (χ4v) is 6.14. The molecular weight excluding hydrogens is 475 g/mol. The SMILES string of the molecule is CN1C2=C(C(=O)CC(C)(C)C2)C(c2cc(Cl)c(OCC(N)=O)c(Cl)c2)C2=C1CC(C)(C)CC2=O. The zero-order valence-corrected chi connectivity index (χ0v) is 21.7. The third-order valence-electron chi connectivity index (χ3n) is 6.89. The molecule has 4 rings (SSSR count). The van der Waals surface area contributed by atoms with Gasteiger partial charge in [-0.15, -0.1) is 0 Å². The van der Waals surface area contributed by atoms with Gasteiger partial charge in [-0.3, -0.25) is 14.4 Å². The molecular formula is C26H30Cl2N2O4. The highest BCUT2D eigenvalue weighted by Gasteiger charge is 2.48. The van der Waals surface area contributed by atoms with Gasteiger partial charge in [0.1, 0.15) is 0 Å². The minimum atomic E-state index is -0.651. The van der Waals surface area contributed by atoms with Crippen LogP contribution in [0.25, 0.3) is 0 Å². The maximum absolute atomic E-state index is 13.5. The number of carbonyl (C=O) groups excluding carboxylic acids is 3. The summed E-state index contributed by atoms with van der Waals surface area (Å²) in [7, 11) is 1.96. The summed E-state index contributed by atoms with van der Waals surface area (Å²) in [5.41, 5.74) is 8.69. The minimum absolute atomic E-state index is 0.0357. The van der Waals surface area contributed by atoms with Crippen molar-refractivity contribution in [2.75, 3.05) is 13.7 Å². The molecule has 0 fully saturated rings. The van der Waals surface area contributed by atoms with Gasteiger partial charge in [0.15, 0.2) is 23.9 Å². The number of rotatable bonds is 4. The summed E-state index contributed by atoms with van der Waals surface area (Å²) in [5, 5.41) is 0.387. The van der Waals surface area contributed by atoms with Gasteiger partial charge < -0.3 is 15.4 Å². The molecule has 1 amide bonds. The third-order valence-corrected chi connectivity index (χ3v) is 7.45. The number of nitrogens with zero attached hydrogens (tertiary/aromatic N) is 1. The number of hydrogen-bond donors (Lipinski definition) is 1. The first kappa shape index (κ1) is 24.8. The Balaban J connectivity index is 1.92. The fourth-order valence-electron chi connectivity index (χ4n) is 5.53. The molecule has 2 aliphatic carbocycles. The van der Waals surface area contributed by atoms with Gasteiger partial charge in [0.2, 0.25) is 0 Å². The summed E-state index contributed by atoms with van der Waals surface area (Å²) >= 11 is 13.0. The maximum atomic E-state index is 13.5. The van der Waals surface area contributed by atoms with Crippen molar-refractivity contribution in [3.8, 4) is 5.75 Å². The lowest BCUT2D eigenvalue weighted by atomic mass is 9.64. The van der Waals surface area contributed by atoms with E-state index in [1.54, 1.807) is 12.1 Å². The topological polar surface area (TPSA) is 89.7 Å². The highest BCUT2D eigenvalue weighted by molar-refractivity contribution is 6.37. The largest absolute Gasteiger partial charge is 0.481 e. The maximum Gasteiger partial charge on any atom is 0.255 e. The highest BCUT2D eigenvalue weighted by Crippen LogP contribution is 2.54. The van der Waals surface area contributed by atoms with E-state index >= 15 is 0 Å². The van der Waals surface area contributed by atoms with Crippen molar-refractivity contribution in [3.05, 3.63) is 50.3 Å². The summed E-state index contributed by atoms with van der Waals surface area (Å²) in [5.74, 6) is -0.980. The molecule has 0 saturated carbocycles. The number of ether oxygens (including phenoxy) is 1. The molecule has 0 aromatic heterocycles. The number of primary amides is 1. The molecule has 34 heavy (non-hydrogen) atoms. The van der Waals surface area contributed by atoms with Gasteiger partial charge in [-0.1, -0.05) is 50.9 Å². The Hall–Kier alpha value is -2.31. The molecule has 6 nitrogen and oxygen atoms in total. The molecule has 1 heterocycles. The van der Waals surface area contributed by atoms with Gasteiger partial charge >= 0.3 is 0 Å². The van der Waals surface area contributed by atoms with E-state index in [9.17, 15) is 14.4 Å². The van der Waals surface area contributed by atoms with Crippen molar-refractivity contribution in [1.29, 1.82) is 0 Å². The van der Waals surface area contributed by atoms with Crippen LogP contribution in [0.15, 0.2) is 34.7 Å². The van der Waals surface area contributed by atoms with Crippen LogP contribution in [0.2, 0.25) is 10.0 Å². The number of hydrogen-bond acceptors (Lipinski definition) is 5. The van der Waals surface area contributed by atoms with Crippen molar-refractivity contribution in [3.63, 3.8) is 0 Å². The molecule has 3 aliphatic rings. The van der Waals surface area contributed by atoms with Crippen LogP contribution in [-0.4, -0.2) is 36.0 Å². The molecule has 0 unspecified atom stereocenters. The number of allylic oxidation sites excluding steroid dienone is 4. The van der Waals surface area contributed by atoms with Gasteiger partial charge in [-0.2, -0.15) is 0 Å². The fraction of sp³-hybridized carbons (Fsp3) is 0.500. The Bertz CT molecular complexity index is 1100. The third kappa shape index (κ3) is 4.38. The van der Waals surface area contributed by atoms with Crippen LogP contribution in [0.3, 0.4) is 0 Å². The smallest absolute Gasteiger partial charge is 0.255 e. The summed E-state index contributed by atoms with van der Waals surface area (Å²) in [6.45, 7) is 8.01. The van der Waals surface area contributed by atoms with E-state index < -0.39 is 11.8 Å². The van der Waals surface area contributed by atoms with Crippen molar-refractivity contribution in [1.82, 2.24) is 4.90 Å². The highest BCUT2D eigenvalue weighted by atomic mass is 35.5. The minimum Gasteiger partial charge on any atom is -0.481 e. The van der Waals surface area contributed by atoms with Crippen molar-refractivity contribution < 1.29 is 19.1 Å². The Morgan fingerprint density at radius 2 is 1.41 bits per heavy atom. The number of ketones is 2. The van der Waals surface area contributed by atoms with Gasteiger partial charge in [0, 0.05) is 48.3 Å². The molecule has 1 aliphatic heterocycles. The molecule has 1 aromatic rings. The molecule has 0 spiro atoms. The number of halogens is 2. The summed E-state index contributed by atoms with van der Waals surface area (Å²) < 4.78 is 5.39. The predicted molar refractivity (Wildman–Crippen MR) is 132 cm³/mol. The number of benzene rings is 1. The second kappa shape index (κ2) is 8.42. The second-order valence-electron chi connectivity index (χ2n) is 11.2. The van der Waals surface area contributed by atoms with Gasteiger partial charge in [0.25, 0.3) is 5.91 Å². The van der Waals surface area contributed by atoms with Crippen LogP contribution < -0.4 is 10.5 Å². The lowest BCUT2D eigenvalue weighted by Gasteiger charge is -2.48. The van der Waals surface area contributed by atoms with Gasteiger partial charge in [0.05, 0.1) is 10.0 Å². The number of Topliss-reactive ketones (excluding diaryl/α,β-unsaturated/α-hetero) is 2. The summed E-state index contributed by atoms with van der Waals surface area (Å²) in [4.78, 5) is 40.3. The predicted octanol–water partition coefficient (Wildman–Crippen LogP) is 5.17. The summed E-state index contributed by atoms with van der Waals surface area (Å²) in [6.07, 6.45) is 2.26. The Kier molecular flexibility index (Phi) is 6.14. The number of nitrogens with two attached hydrogens (primary N) is 1. The zero-order valence-electron chi connectivity index (χ0n) is 20.2. The lowest BCUT2D eigenvalue weighted by Crippen LogP contribution is -2.43. The van der Waals surface area contributed by atoms with E-state index in [4.69, 9.17) is 33.7 Å². The van der Waals surface area contributed by atoms with Crippen molar-refractivity contribution in [2.24, 2.45) is 16.6 Å². The first-order valence-corrected chi connectivity index (χ1v) is 12.1. The molecule has 182 valence electrons. The van der Waals surface area contributed by atoms with Gasteiger partial charge in [-0.25, -0.2) is 0 Å². The standard InChI is InChI=1S/C26H30Cl2N2O4/c1-25(2)8-16-22(18(31)10-25)21(23-17(30(16)5)9-26(3,4)11-19(23)32)13-6-14(27)24(15(28)7-13)34-12-20(29)33/h6-7,21H,8-12H2,1-5H3,(H2,29,33). The average Bonchev–Trinajstić information content (AvgIpc) is 2.67. The first-order valence-electron chi connectivity index (χ1n) is 11.4. The van der Waals surface area contributed by atoms with E-state index in [-0.39, 0.29) is 44.8 Å². The van der Waals surface area contributed by atoms with Crippen LogP contribution in [-0.2, 0) is 14.4 Å². The van der Waals surface area contributed by atoms with Crippen LogP contribution in [0.5, 0.6) is 5.75 Å². The van der Waals surface area contributed by atoms with Crippen LogP contribution in [0.4, 0.5) is 0 Å². The monoisotopic (exact) mass is 504 g/mol. The molecule has 1 aromatic carbocycles. The molecule has 8 heteroatoms. The molecule has 0 radical (unpaired) electrons. The van der Waals surface area contributed by atoms with Crippen molar-refractivity contribution in [2.45, 2.75) is 59.3 Å². The van der Waals surface area contributed by atoms with E-state index in [0.717, 1.165) is 24.2 Å². The van der Waals surface area contributed by atoms with Crippen LogP contribution in [0, 0.1) is 10.8 Å². The molecule has 2 N–H and O–H groups in total. The van der Waals surface area contributed by atoms with Gasteiger partial charge in [-0.05, 0) is 41.4 Å². The number of carbonyl (C=O) groups is 3. The average molecular weight is 505 g/mol. The summed E-state index contributed by atoms with van der Waals surface area (Å²) in [6, 6.07) is 3.35. The van der Waals surface area contributed by atoms with Crippen molar-refractivity contribution >= 4 is 40.7 Å². The van der Waals surface area contributed by atoms with Crippen LogP contribution >= 0.6 is 23.2 Å². The molecule has 0 bridgehead atoms. The van der Waals surface area contributed by atoms with E-state index in [2.05, 4.69) is 32.6 Å². The Morgan fingerprint density at radius 3 is 1.82 bits per heavy atom. The lowest BCUT2D eigenvalue weighted by molar-refractivity contribution is -0.121. The van der Waals surface area contributed by atoms with E-state index in [1.807, 2.05) is 7.05 Å². The zero-order chi connectivity index (χ0) is 25.2. The van der Waals surface area contributed by atoms with E-state index in [1.165, 1.54) is 0 Å².